The molecule has 0 aromatic heterocycles. The van der Waals surface area contributed by atoms with Gasteiger partial charge in [0.05, 0.1) is 14.2 Å². The van der Waals surface area contributed by atoms with Crippen LogP contribution in [0, 0.1) is 0 Å². The molecule has 1 nitrogen and oxygen atoms in total. The van der Waals surface area contributed by atoms with E-state index in [1.807, 2.05) is 30.3 Å². The fourth-order valence-electron chi connectivity index (χ4n) is 1.36. The average Bonchev–Trinajstić information content (AvgIpc) is 2.17. The lowest BCUT2D eigenvalue weighted by Gasteiger charge is -2.11. The van der Waals surface area contributed by atoms with Crippen molar-refractivity contribution in [3.8, 4) is 0 Å². The molecule has 1 unspecified atom stereocenters. The molecule has 0 saturated heterocycles. The monoisotopic (exact) mass is 220 g/mol. The first-order valence-electron chi connectivity index (χ1n) is 5.40. The highest BCUT2D eigenvalue weighted by atomic mass is 28.3. The second kappa shape index (κ2) is 5.28. The Morgan fingerprint density at radius 3 is 2.33 bits per heavy atom. The van der Waals surface area contributed by atoms with Crippen molar-refractivity contribution in [2.75, 3.05) is 0 Å². The molecule has 1 rings (SSSR count). The molecule has 0 saturated carbocycles. The summed E-state index contributed by atoms with van der Waals surface area (Å²) in [6, 6.07) is 9.82. The molecule has 2 heteroatoms. The van der Waals surface area contributed by atoms with Gasteiger partial charge in [0.2, 0.25) is 0 Å². The predicted molar refractivity (Wildman–Crippen MR) is 68.5 cm³/mol. The molecular weight excluding hydrogens is 200 g/mol. The van der Waals surface area contributed by atoms with Crippen molar-refractivity contribution >= 4 is 8.07 Å². The molecule has 1 atom stereocenters. The molecule has 1 aromatic carbocycles. The van der Waals surface area contributed by atoms with E-state index in [2.05, 4.69) is 31.4 Å². The minimum absolute atomic E-state index is 0.362. The number of benzene rings is 1. The molecule has 0 bridgehead atoms. The van der Waals surface area contributed by atoms with E-state index < -0.39 is 8.07 Å². The molecule has 15 heavy (non-hydrogen) atoms. The third kappa shape index (κ3) is 4.95. The number of rotatable bonds is 4. The maximum Gasteiger partial charge on any atom is 0.0824 e. The number of hydrogen-bond donors (Lipinski definition) is 1. The van der Waals surface area contributed by atoms with Gasteiger partial charge in [-0.2, -0.15) is 0 Å². The van der Waals surface area contributed by atoms with E-state index in [0.29, 0.717) is 6.42 Å². The molecule has 0 aliphatic carbocycles. The van der Waals surface area contributed by atoms with Gasteiger partial charge in [-0.3, -0.25) is 0 Å². The highest BCUT2D eigenvalue weighted by molar-refractivity contribution is 6.80. The SMILES string of the molecule is C[Si](C)(C)C=CCC(O)c1ccccc1. The van der Waals surface area contributed by atoms with Gasteiger partial charge in [0.1, 0.15) is 0 Å². The van der Waals surface area contributed by atoms with Gasteiger partial charge in [0.25, 0.3) is 0 Å². The average molecular weight is 220 g/mol. The second-order valence-corrected chi connectivity index (χ2v) is 10.00. The first-order chi connectivity index (χ1) is 6.99. The highest BCUT2D eigenvalue weighted by Crippen LogP contribution is 2.16. The Kier molecular flexibility index (Phi) is 4.30. The van der Waals surface area contributed by atoms with E-state index in [4.69, 9.17) is 0 Å². The van der Waals surface area contributed by atoms with Crippen LogP contribution in [0.2, 0.25) is 19.6 Å². The summed E-state index contributed by atoms with van der Waals surface area (Å²) in [7, 11) is -1.12. The quantitative estimate of drug-likeness (QED) is 0.769. The van der Waals surface area contributed by atoms with Crippen molar-refractivity contribution in [2.24, 2.45) is 0 Å². The van der Waals surface area contributed by atoms with Gasteiger partial charge in [-0.15, -0.1) is 0 Å². The summed E-state index contributed by atoms with van der Waals surface area (Å²) in [6.45, 7) is 6.87. The molecule has 0 radical (unpaired) electrons. The van der Waals surface area contributed by atoms with Crippen molar-refractivity contribution in [3.05, 3.63) is 47.7 Å². The Labute approximate surface area is 93.5 Å². The summed E-state index contributed by atoms with van der Waals surface area (Å²) in [5, 5.41) is 9.88. The van der Waals surface area contributed by atoms with E-state index in [1.54, 1.807) is 0 Å². The van der Waals surface area contributed by atoms with Crippen LogP contribution in [0.5, 0.6) is 0 Å². The van der Waals surface area contributed by atoms with Crippen LogP contribution in [-0.4, -0.2) is 13.2 Å². The van der Waals surface area contributed by atoms with E-state index in [0.717, 1.165) is 5.56 Å². The first kappa shape index (κ1) is 12.2. The Morgan fingerprint density at radius 1 is 1.20 bits per heavy atom. The molecule has 0 fully saturated rings. The van der Waals surface area contributed by atoms with Crippen LogP contribution in [0.4, 0.5) is 0 Å². The van der Waals surface area contributed by atoms with Crippen molar-refractivity contribution in [3.63, 3.8) is 0 Å². The molecule has 0 aliphatic rings. The van der Waals surface area contributed by atoms with Crippen LogP contribution >= 0.6 is 0 Å². The van der Waals surface area contributed by atoms with E-state index in [1.165, 1.54) is 0 Å². The molecule has 0 spiro atoms. The van der Waals surface area contributed by atoms with Crippen molar-refractivity contribution in [1.29, 1.82) is 0 Å². The van der Waals surface area contributed by atoms with Gasteiger partial charge in [-0.1, -0.05) is 61.7 Å². The first-order valence-corrected chi connectivity index (χ1v) is 8.97. The maximum atomic E-state index is 9.88. The van der Waals surface area contributed by atoms with Gasteiger partial charge in [-0.25, -0.2) is 0 Å². The van der Waals surface area contributed by atoms with Gasteiger partial charge in [0, 0.05) is 0 Å². The van der Waals surface area contributed by atoms with E-state index in [-0.39, 0.29) is 6.10 Å². The van der Waals surface area contributed by atoms with Crippen LogP contribution in [0.25, 0.3) is 0 Å². The Balaban J connectivity index is 2.51. The lowest BCUT2D eigenvalue weighted by molar-refractivity contribution is 0.181. The largest absolute Gasteiger partial charge is 0.388 e. The van der Waals surface area contributed by atoms with Gasteiger partial charge >= 0.3 is 0 Å². The number of aliphatic hydroxyl groups is 1. The molecular formula is C13H20OSi. The summed E-state index contributed by atoms with van der Waals surface area (Å²) >= 11 is 0. The van der Waals surface area contributed by atoms with E-state index in [9.17, 15) is 5.11 Å². The lowest BCUT2D eigenvalue weighted by atomic mass is 10.1. The summed E-state index contributed by atoms with van der Waals surface area (Å²) in [6.07, 6.45) is 2.47. The van der Waals surface area contributed by atoms with Gasteiger partial charge in [0.15, 0.2) is 0 Å². The fraction of sp³-hybridized carbons (Fsp3) is 0.385. The standard InChI is InChI=1S/C13H20OSi/c1-15(2,3)11-7-10-13(14)12-8-5-4-6-9-12/h4-9,11,13-14H,10H2,1-3H3. The van der Waals surface area contributed by atoms with Crippen LogP contribution in [0.15, 0.2) is 42.1 Å². The summed E-state index contributed by atoms with van der Waals surface area (Å²) in [5.74, 6) is 0. The zero-order valence-corrected chi connectivity index (χ0v) is 10.8. The summed E-state index contributed by atoms with van der Waals surface area (Å²) < 4.78 is 0. The molecule has 1 N–H and O–H groups in total. The molecule has 0 amide bonds. The van der Waals surface area contributed by atoms with Crippen molar-refractivity contribution in [2.45, 2.75) is 32.2 Å². The van der Waals surface area contributed by atoms with Gasteiger partial charge in [-0.05, 0) is 12.0 Å². The highest BCUT2D eigenvalue weighted by Gasteiger charge is 2.08. The maximum absolute atomic E-state index is 9.88. The topological polar surface area (TPSA) is 20.2 Å². The normalized spacial score (nSPS) is 14.4. The van der Waals surface area contributed by atoms with Gasteiger partial charge < -0.3 is 5.11 Å². The fourth-order valence-corrected chi connectivity index (χ4v) is 2.20. The second-order valence-electron chi connectivity index (χ2n) is 4.93. The minimum Gasteiger partial charge on any atom is -0.388 e. The van der Waals surface area contributed by atoms with Crippen molar-refractivity contribution < 1.29 is 5.11 Å². The molecule has 0 heterocycles. The smallest absolute Gasteiger partial charge is 0.0824 e. The molecule has 0 aliphatic heterocycles. The molecule has 1 aromatic rings. The predicted octanol–water partition coefficient (Wildman–Crippen LogP) is 3.54. The lowest BCUT2D eigenvalue weighted by Crippen LogP contribution is -2.15. The van der Waals surface area contributed by atoms with Crippen LogP contribution in [0.1, 0.15) is 18.1 Å². The zero-order chi connectivity index (χ0) is 11.3. The summed E-state index contributed by atoms with van der Waals surface area (Å²) in [4.78, 5) is 0. The van der Waals surface area contributed by atoms with Crippen LogP contribution in [-0.2, 0) is 0 Å². The third-order valence-corrected chi connectivity index (χ3v) is 3.40. The van der Waals surface area contributed by atoms with E-state index >= 15 is 0 Å². The van der Waals surface area contributed by atoms with Crippen LogP contribution in [0.3, 0.4) is 0 Å². The number of aliphatic hydroxyl groups excluding tert-OH is 1. The molecule has 82 valence electrons. The minimum atomic E-state index is -1.12. The zero-order valence-electron chi connectivity index (χ0n) is 9.77. The Bertz CT molecular complexity index is 311. The Hall–Kier alpha value is -0.863. The number of hydrogen-bond acceptors (Lipinski definition) is 1. The van der Waals surface area contributed by atoms with Crippen LogP contribution < -0.4 is 0 Å². The Morgan fingerprint density at radius 2 is 1.80 bits per heavy atom. The summed E-state index contributed by atoms with van der Waals surface area (Å²) in [5.41, 5.74) is 3.27. The van der Waals surface area contributed by atoms with Crippen molar-refractivity contribution in [1.82, 2.24) is 0 Å². The third-order valence-electron chi connectivity index (χ3n) is 2.16.